The molecule has 1 heterocycles. The summed E-state index contributed by atoms with van der Waals surface area (Å²) in [5, 5.41) is 0. The van der Waals surface area contributed by atoms with Gasteiger partial charge in [0, 0.05) is 17.4 Å². The van der Waals surface area contributed by atoms with Crippen LogP contribution >= 0.6 is 0 Å². The fraction of sp³-hybridized carbons (Fsp3) is 0.500. The standard InChI is InChI=1S/C12H18N2O2/c1-12(2,13)7-6-10-5-4-9(8-14-10)11(15)16-3/h4-5,8H,6-7,13H2,1-3H3. The summed E-state index contributed by atoms with van der Waals surface area (Å²) in [7, 11) is 1.35. The van der Waals surface area contributed by atoms with Crippen LogP contribution in [0.3, 0.4) is 0 Å². The molecule has 0 amide bonds. The summed E-state index contributed by atoms with van der Waals surface area (Å²) in [6.07, 6.45) is 3.20. The quantitative estimate of drug-likeness (QED) is 0.785. The average molecular weight is 222 g/mol. The van der Waals surface area contributed by atoms with Gasteiger partial charge in [-0.1, -0.05) is 0 Å². The van der Waals surface area contributed by atoms with Crippen molar-refractivity contribution >= 4 is 5.97 Å². The van der Waals surface area contributed by atoms with Gasteiger partial charge in [0.05, 0.1) is 12.7 Å². The number of hydrogen-bond acceptors (Lipinski definition) is 4. The maximum absolute atomic E-state index is 11.2. The van der Waals surface area contributed by atoms with Crippen molar-refractivity contribution in [3.63, 3.8) is 0 Å². The Morgan fingerprint density at radius 3 is 2.62 bits per heavy atom. The molecule has 0 aliphatic carbocycles. The molecule has 0 aliphatic heterocycles. The Hall–Kier alpha value is -1.42. The monoisotopic (exact) mass is 222 g/mol. The first-order chi connectivity index (χ1) is 7.42. The largest absolute Gasteiger partial charge is 0.465 e. The lowest BCUT2D eigenvalue weighted by Gasteiger charge is -2.17. The lowest BCUT2D eigenvalue weighted by atomic mass is 9.98. The molecule has 0 atom stereocenters. The highest BCUT2D eigenvalue weighted by atomic mass is 16.5. The van der Waals surface area contributed by atoms with Crippen molar-refractivity contribution in [3.05, 3.63) is 29.6 Å². The van der Waals surface area contributed by atoms with Gasteiger partial charge in [0.1, 0.15) is 0 Å². The highest BCUT2D eigenvalue weighted by molar-refractivity contribution is 5.88. The molecule has 0 radical (unpaired) electrons. The number of aromatic nitrogens is 1. The van der Waals surface area contributed by atoms with Gasteiger partial charge < -0.3 is 10.5 Å². The van der Waals surface area contributed by atoms with E-state index in [9.17, 15) is 4.79 Å². The summed E-state index contributed by atoms with van der Waals surface area (Å²) < 4.78 is 4.59. The number of ether oxygens (including phenoxy) is 1. The van der Waals surface area contributed by atoms with Gasteiger partial charge in [-0.3, -0.25) is 4.98 Å². The second kappa shape index (κ2) is 5.07. The molecule has 1 aromatic rings. The van der Waals surface area contributed by atoms with Crippen LogP contribution in [0.25, 0.3) is 0 Å². The number of esters is 1. The molecule has 0 spiro atoms. The highest BCUT2D eigenvalue weighted by Crippen LogP contribution is 2.10. The van der Waals surface area contributed by atoms with Crippen LogP contribution in [0.4, 0.5) is 0 Å². The molecule has 4 nitrogen and oxygen atoms in total. The summed E-state index contributed by atoms with van der Waals surface area (Å²) in [6, 6.07) is 3.55. The Morgan fingerprint density at radius 2 is 2.19 bits per heavy atom. The predicted octanol–water partition coefficient (Wildman–Crippen LogP) is 1.54. The second-order valence-corrected chi connectivity index (χ2v) is 4.52. The first kappa shape index (κ1) is 12.6. The molecule has 0 aliphatic rings. The van der Waals surface area contributed by atoms with Gasteiger partial charge in [0.2, 0.25) is 0 Å². The van der Waals surface area contributed by atoms with Gasteiger partial charge in [-0.15, -0.1) is 0 Å². The summed E-state index contributed by atoms with van der Waals surface area (Å²) in [6.45, 7) is 3.96. The number of aryl methyl sites for hydroxylation is 1. The molecule has 88 valence electrons. The van der Waals surface area contributed by atoms with E-state index in [-0.39, 0.29) is 11.5 Å². The zero-order valence-corrected chi connectivity index (χ0v) is 9.99. The molecule has 1 rings (SSSR count). The molecule has 0 unspecified atom stereocenters. The Balaban J connectivity index is 2.62. The van der Waals surface area contributed by atoms with Crippen LogP contribution in [-0.2, 0) is 11.2 Å². The minimum atomic E-state index is -0.363. The van der Waals surface area contributed by atoms with Crippen LogP contribution in [0.5, 0.6) is 0 Å². The van der Waals surface area contributed by atoms with Crippen molar-refractivity contribution in [2.45, 2.75) is 32.2 Å². The molecule has 1 aromatic heterocycles. The summed E-state index contributed by atoms with van der Waals surface area (Å²) in [4.78, 5) is 15.4. The van der Waals surface area contributed by atoms with Crippen molar-refractivity contribution in [2.75, 3.05) is 7.11 Å². The van der Waals surface area contributed by atoms with Crippen molar-refractivity contribution in [1.29, 1.82) is 0 Å². The van der Waals surface area contributed by atoms with E-state index < -0.39 is 0 Å². The lowest BCUT2D eigenvalue weighted by molar-refractivity contribution is 0.0600. The molecular weight excluding hydrogens is 204 g/mol. The normalized spacial score (nSPS) is 11.2. The zero-order chi connectivity index (χ0) is 12.2. The zero-order valence-electron chi connectivity index (χ0n) is 9.99. The van der Waals surface area contributed by atoms with Gasteiger partial charge in [-0.2, -0.15) is 0 Å². The van der Waals surface area contributed by atoms with Crippen molar-refractivity contribution in [1.82, 2.24) is 4.98 Å². The smallest absolute Gasteiger partial charge is 0.339 e. The van der Waals surface area contributed by atoms with Gasteiger partial charge in [0.15, 0.2) is 0 Å². The lowest BCUT2D eigenvalue weighted by Crippen LogP contribution is -2.32. The van der Waals surface area contributed by atoms with Crippen LogP contribution in [-0.4, -0.2) is 23.6 Å². The van der Waals surface area contributed by atoms with Crippen molar-refractivity contribution in [3.8, 4) is 0 Å². The third-order valence-electron chi connectivity index (χ3n) is 2.27. The summed E-state index contributed by atoms with van der Waals surface area (Å²) in [5.41, 5.74) is 7.10. The summed E-state index contributed by atoms with van der Waals surface area (Å²) >= 11 is 0. The molecule has 16 heavy (non-hydrogen) atoms. The molecule has 0 fully saturated rings. The Morgan fingerprint density at radius 1 is 1.50 bits per heavy atom. The van der Waals surface area contributed by atoms with E-state index in [0.717, 1.165) is 18.5 Å². The van der Waals surface area contributed by atoms with Crippen molar-refractivity contribution in [2.24, 2.45) is 5.73 Å². The number of pyridine rings is 1. The van der Waals surface area contributed by atoms with E-state index in [1.165, 1.54) is 13.3 Å². The van der Waals surface area contributed by atoms with E-state index >= 15 is 0 Å². The minimum absolute atomic E-state index is 0.192. The molecule has 4 heteroatoms. The van der Waals surface area contributed by atoms with Gasteiger partial charge in [-0.05, 0) is 38.8 Å². The van der Waals surface area contributed by atoms with E-state index in [2.05, 4.69) is 9.72 Å². The molecular formula is C12H18N2O2. The van der Waals surface area contributed by atoms with Crippen LogP contribution in [0.15, 0.2) is 18.3 Å². The number of nitrogens with zero attached hydrogens (tertiary/aromatic N) is 1. The summed E-state index contributed by atoms with van der Waals surface area (Å²) in [5.74, 6) is -0.363. The highest BCUT2D eigenvalue weighted by Gasteiger charge is 2.11. The van der Waals surface area contributed by atoms with Gasteiger partial charge >= 0.3 is 5.97 Å². The first-order valence-electron chi connectivity index (χ1n) is 5.24. The van der Waals surface area contributed by atoms with E-state index in [1.54, 1.807) is 6.07 Å². The Kier molecular flexibility index (Phi) is 4.01. The fourth-order valence-electron chi connectivity index (χ4n) is 1.26. The molecule has 0 bridgehead atoms. The SMILES string of the molecule is COC(=O)c1ccc(CCC(C)(C)N)nc1. The number of carbonyl (C=O) groups is 1. The fourth-order valence-corrected chi connectivity index (χ4v) is 1.26. The number of hydrogen-bond donors (Lipinski definition) is 1. The maximum atomic E-state index is 11.2. The third kappa shape index (κ3) is 3.98. The Bertz CT molecular complexity index is 352. The molecule has 2 N–H and O–H groups in total. The Labute approximate surface area is 95.8 Å². The molecule has 0 aromatic carbocycles. The van der Waals surface area contributed by atoms with Gasteiger partial charge in [-0.25, -0.2) is 4.79 Å². The second-order valence-electron chi connectivity index (χ2n) is 4.52. The van der Waals surface area contributed by atoms with E-state index in [0.29, 0.717) is 5.56 Å². The third-order valence-corrected chi connectivity index (χ3v) is 2.27. The van der Waals surface area contributed by atoms with Crippen LogP contribution < -0.4 is 5.73 Å². The number of methoxy groups -OCH3 is 1. The van der Waals surface area contributed by atoms with Gasteiger partial charge in [0.25, 0.3) is 0 Å². The molecule has 0 saturated carbocycles. The number of rotatable bonds is 4. The average Bonchev–Trinajstić information content (AvgIpc) is 2.25. The van der Waals surface area contributed by atoms with Crippen LogP contribution in [0, 0.1) is 0 Å². The number of carbonyl (C=O) groups excluding carboxylic acids is 1. The minimum Gasteiger partial charge on any atom is -0.465 e. The first-order valence-corrected chi connectivity index (χ1v) is 5.24. The van der Waals surface area contributed by atoms with E-state index in [1.807, 2.05) is 19.9 Å². The molecule has 0 saturated heterocycles. The van der Waals surface area contributed by atoms with Crippen molar-refractivity contribution < 1.29 is 9.53 Å². The van der Waals surface area contributed by atoms with Crippen LogP contribution in [0.1, 0.15) is 36.3 Å². The number of nitrogens with two attached hydrogens (primary N) is 1. The topological polar surface area (TPSA) is 65.2 Å². The predicted molar refractivity (Wildman–Crippen MR) is 62.2 cm³/mol. The van der Waals surface area contributed by atoms with E-state index in [4.69, 9.17) is 5.73 Å². The maximum Gasteiger partial charge on any atom is 0.339 e. The van der Waals surface area contributed by atoms with Crippen LogP contribution in [0.2, 0.25) is 0 Å².